The summed E-state index contributed by atoms with van der Waals surface area (Å²) in [5, 5.41) is 13.6. The molecule has 6 heteroatoms. The minimum Gasteiger partial charge on any atom is -0.480 e. The van der Waals surface area contributed by atoms with E-state index in [1.807, 2.05) is 11.8 Å². The van der Waals surface area contributed by atoms with Crippen molar-refractivity contribution in [2.24, 2.45) is 5.92 Å². The summed E-state index contributed by atoms with van der Waals surface area (Å²) in [7, 11) is 0. The van der Waals surface area contributed by atoms with Gasteiger partial charge in [-0.05, 0) is 30.8 Å². The third-order valence-electron chi connectivity index (χ3n) is 2.29. The van der Waals surface area contributed by atoms with Gasteiger partial charge < -0.3 is 15.7 Å². The van der Waals surface area contributed by atoms with E-state index in [9.17, 15) is 9.59 Å². The van der Waals surface area contributed by atoms with E-state index in [2.05, 4.69) is 10.6 Å². The summed E-state index contributed by atoms with van der Waals surface area (Å²) in [6, 6.07) is -1.25. The number of hydrogen-bond donors (Lipinski definition) is 3. The molecule has 1 saturated heterocycles. The van der Waals surface area contributed by atoms with Crippen molar-refractivity contribution in [3.8, 4) is 0 Å². The van der Waals surface area contributed by atoms with E-state index >= 15 is 0 Å². The second-order valence-electron chi connectivity index (χ2n) is 3.64. The highest BCUT2D eigenvalue weighted by Gasteiger charge is 2.17. The monoisotopic (exact) mass is 232 g/mol. The summed E-state index contributed by atoms with van der Waals surface area (Å²) >= 11 is 1.89. The molecule has 0 aliphatic carbocycles. The Morgan fingerprint density at radius 2 is 2.33 bits per heavy atom. The summed E-state index contributed by atoms with van der Waals surface area (Å²) < 4.78 is 0. The zero-order valence-corrected chi connectivity index (χ0v) is 9.47. The largest absolute Gasteiger partial charge is 0.480 e. The zero-order chi connectivity index (χ0) is 11.3. The van der Waals surface area contributed by atoms with Crippen LogP contribution in [-0.4, -0.2) is 41.2 Å². The number of urea groups is 1. The van der Waals surface area contributed by atoms with E-state index in [0.29, 0.717) is 12.5 Å². The van der Waals surface area contributed by atoms with Gasteiger partial charge in [0, 0.05) is 6.54 Å². The number of carbonyl (C=O) groups is 2. The first-order chi connectivity index (χ1) is 7.09. The van der Waals surface area contributed by atoms with E-state index in [4.69, 9.17) is 5.11 Å². The third kappa shape index (κ3) is 4.42. The molecule has 5 nitrogen and oxygen atoms in total. The topological polar surface area (TPSA) is 78.4 Å². The quantitative estimate of drug-likeness (QED) is 0.660. The summed E-state index contributed by atoms with van der Waals surface area (Å²) in [6.45, 7) is 2.07. The molecule has 0 aromatic heterocycles. The molecule has 86 valence electrons. The Labute approximate surface area is 93.0 Å². The maximum atomic E-state index is 11.2. The average Bonchev–Trinajstić information content (AvgIpc) is 2.66. The van der Waals surface area contributed by atoms with E-state index in [1.54, 1.807) is 0 Å². The van der Waals surface area contributed by atoms with Crippen molar-refractivity contribution in [1.82, 2.24) is 10.6 Å². The van der Waals surface area contributed by atoms with Gasteiger partial charge in [-0.25, -0.2) is 4.79 Å². The lowest BCUT2D eigenvalue weighted by atomic mass is 10.1. The van der Waals surface area contributed by atoms with Gasteiger partial charge in [-0.3, -0.25) is 4.79 Å². The van der Waals surface area contributed by atoms with Gasteiger partial charge in [-0.15, -0.1) is 0 Å². The van der Waals surface area contributed by atoms with Crippen LogP contribution >= 0.6 is 11.8 Å². The fourth-order valence-electron chi connectivity index (χ4n) is 1.29. The van der Waals surface area contributed by atoms with Crippen LogP contribution in [0.25, 0.3) is 0 Å². The first kappa shape index (κ1) is 12.2. The number of carboxylic acids is 1. The third-order valence-corrected chi connectivity index (χ3v) is 3.52. The van der Waals surface area contributed by atoms with Crippen molar-refractivity contribution < 1.29 is 14.7 Å². The van der Waals surface area contributed by atoms with Crippen LogP contribution < -0.4 is 10.6 Å². The van der Waals surface area contributed by atoms with Gasteiger partial charge in [0.15, 0.2) is 0 Å². The van der Waals surface area contributed by atoms with E-state index in [1.165, 1.54) is 6.92 Å². The highest BCUT2D eigenvalue weighted by atomic mass is 32.2. The minimum atomic E-state index is -1.03. The molecule has 1 aliphatic heterocycles. The lowest BCUT2D eigenvalue weighted by molar-refractivity contribution is -0.138. The molecular weight excluding hydrogens is 216 g/mol. The Bertz CT molecular complexity index is 242. The number of carbonyl (C=O) groups excluding carboxylic acids is 1. The predicted molar refractivity (Wildman–Crippen MR) is 59.1 cm³/mol. The maximum absolute atomic E-state index is 11.2. The van der Waals surface area contributed by atoms with Crippen LogP contribution in [0.3, 0.4) is 0 Å². The Morgan fingerprint density at radius 3 is 2.87 bits per heavy atom. The molecule has 2 amide bonds. The van der Waals surface area contributed by atoms with Crippen molar-refractivity contribution in [1.29, 1.82) is 0 Å². The Kier molecular flexibility index (Phi) is 4.74. The van der Waals surface area contributed by atoms with Crippen LogP contribution in [0.5, 0.6) is 0 Å². The number of amides is 2. The van der Waals surface area contributed by atoms with Gasteiger partial charge >= 0.3 is 12.0 Å². The molecule has 1 fully saturated rings. The molecule has 1 heterocycles. The molecule has 1 aliphatic rings. The molecule has 0 aromatic rings. The molecule has 0 saturated carbocycles. The van der Waals surface area contributed by atoms with E-state index in [-0.39, 0.29) is 0 Å². The normalized spacial score (nSPS) is 22.1. The van der Waals surface area contributed by atoms with Gasteiger partial charge in [0.1, 0.15) is 6.04 Å². The first-order valence-corrected chi connectivity index (χ1v) is 6.10. The molecule has 1 rings (SSSR count). The Morgan fingerprint density at radius 1 is 1.60 bits per heavy atom. The van der Waals surface area contributed by atoms with E-state index < -0.39 is 18.0 Å². The number of nitrogens with one attached hydrogen (secondary N) is 2. The molecule has 0 aromatic carbocycles. The number of aliphatic carboxylic acids is 1. The summed E-state index contributed by atoms with van der Waals surface area (Å²) in [4.78, 5) is 21.7. The zero-order valence-electron chi connectivity index (χ0n) is 8.66. The molecule has 0 radical (unpaired) electrons. The lowest BCUT2D eigenvalue weighted by Crippen LogP contribution is -2.45. The summed E-state index contributed by atoms with van der Waals surface area (Å²) in [5.74, 6) is 1.73. The standard InChI is InChI=1S/C9H16N2O3S/c1-6(8(12)13)11-9(14)10-4-7-2-3-15-5-7/h6-7H,2-5H2,1H3,(H,12,13)(H2,10,11,14)/t6-,7?/m0/s1. The number of rotatable bonds is 4. The molecule has 0 spiro atoms. The summed E-state index contributed by atoms with van der Waals surface area (Å²) in [6.07, 6.45) is 1.12. The SMILES string of the molecule is C[C@H](NC(=O)NCC1CCSC1)C(=O)O. The van der Waals surface area contributed by atoms with Crippen LogP contribution in [0.4, 0.5) is 4.79 Å². The predicted octanol–water partition coefficient (Wildman–Crippen LogP) is 0.512. The second kappa shape index (κ2) is 5.85. The highest BCUT2D eigenvalue weighted by molar-refractivity contribution is 7.99. The van der Waals surface area contributed by atoms with Crippen molar-refractivity contribution in [3.05, 3.63) is 0 Å². The molecule has 1 unspecified atom stereocenters. The van der Waals surface area contributed by atoms with Gasteiger partial charge in [-0.2, -0.15) is 11.8 Å². The van der Waals surface area contributed by atoms with Crippen LogP contribution in [0.15, 0.2) is 0 Å². The van der Waals surface area contributed by atoms with Crippen molar-refractivity contribution in [2.75, 3.05) is 18.1 Å². The van der Waals surface area contributed by atoms with Crippen LogP contribution in [0, 0.1) is 5.92 Å². The number of hydrogen-bond acceptors (Lipinski definition) is 3. The molecule has 0 bridgehead atoms. The number of carboxylic acid groups (broad SMARTS) is 1. The van der Waals surface area contributed by atoms with Gasteiger partial charge in [0.2, 0.25) is 0 Å². The minimum absolute atomic E-state index is 0.401. The Balaban J connectivity index is 2.15. The van der Waals surface area contributed by atoms with Gasteiger partial charge in [0.25, 0.3) is 0 Å². The van der Waals surface area contributed by atoms with Crippen LogP contribution in [-0.2, 0) is 4.79 Å². The van der Waals surface area contributed by atoms with Crippen molar-refractivity contribution in [2.45, 2.75) is 19.4 Å². The van der Waals surface area contributed by atoms with Gasteiger partial charge in [-0.1, -0.05) is 0 Å². The molecule has 15 heavy (non-hydrogen) atoms. The molecule has 3 N–H and O–H groups in total. The lowest BCUT2D eigenvalue weighted by Gasteiger charge is -2.13. The van der Waals surface area contributed by atoms with Crippen molar-refractivity contribution >= 4 is 23.8 Å². The second-order valence-corrected chi connectivity index (χ2v) is 4.79. The van der Waals surface area contributed by atoms with Crippen molar-refractivity contribution in [3.63, 3.8) is 0 Å². The highest BCUT2D eigenvalue weighted by Crippen LogP contribution is 2.22. The molecular formula is C9H16N2O3S. The van der Waals surface area contributed by atoms with Crippen LogP contribution in [0.2, 0.25) is 0 Å². The Hall–Kier alpha value is -0.910. The van der Waals surface area contributed by atoms with Gasteiger partial charge in [0.05, 0.1) is 0 Å². The van der Waals surface area contributed by atoms with Crippen LogP contribution in [0.1, 0.15) is 13.3 Å². The first-order valence-electron chi connectivity index (χ1n) is 4.94. The number of thioether (sulfide) groups is 1. The summed E-state index contributed by atoms with van der Waals surface area (Å²) in [5.41, 5.74) is 0. The molecule has 2 atom stereocenters. The smallest absolute Gasteiger partial charge is 0.325 e. The fraction of sp³-hybridized carbons (Fsp3) is 0.778. The average molecular weight is 232 g/mol. The fourth-order valence-corrected chi connectivity index (χ4v) is 2.58. The maximum Gasteiger partial charge on any atom is 0.325 e. The van der Waals surface area contributed by atoms with E-state index in [0.717, 1.165) is 17.9 Å².